The second-order valence-corrected chi connectivity index (χ2v) is 8.13. The second-order valence-electron chi connectivity index (χ2n) is 5.68. The molecule has 0 saturated carbocycles. The van der Waals surface area contributed by atoms with Gasteiger partial charge in [0.1, 0.15) is 5.75 Å². The zero-order valence-electron chi connectivity index (χ0n) is 14.9. The first-order valence-electron chi connectivity index (χ1n) is 7.77. The van der Waals surface area contributed by atoms with E-state index >= 15 is 0 Å². The van der Waals surface area contributed by atoms with Crippen molar-refractivity contribution in [2.45, 2.75) is 17.9 Å². The molecule has 1 N–H and O–H groups in total. The summed E-state index contributed by atoms with van der Waals surface area (Å²) in [4.78, 5) is 24.5. The fraction of sp³-hybridized carbons (Fsp3) is 0.222. The normalized spacial score (nSPS) is 12.1. The van der Waals surface area contributed by atoms with Crippen LogP contribution in [0.3, 0.4) is 0 Å². The van der Waals surface area contributed by atoms with Gasteiger partial charge in [-0.3, -0.25) is 4.79 Å². The minimum Gasteiger partial charge on any atom is -0.495 e. The number of rotatable bonds is 6. The molecular formula is C18H18ClNO6S. The minimum atomic E-state index is -3.37. The summed E-state index contributed by atoms with van der Waals surface area (Å²) < 4.78 is 33.1. The van der Waals surface area contributed by atoms with Crippen LogP contribution in [0.2, 0.25) is 5.02 Å². The molecule has 27 heavy (non-hydrogen) atoms. The lowest BCUT2D eigenvalue weighted by Gasteiger charge is -2.15. The molecule has 0 aliphatic rings. The molecule has 2 aromatic carbocycles. The van der Waals surface area contributed by atoms with Crippen LogP contribution in [0.1, 0.15) is 17.3 Å². The lowest BCUT2D eigenvalue weighted by atomic mass is 10.2. The molecule has 0 fully saturated rings. The smallest absolute Gasteiger partial charge is 0.338 e. The van der Waals surface area contributed by atoms with E-state index in [4.69, 9.17) is 21.1 Å². The SMILES string of the molecule is COc1ccc(Cl)cc1NC(=O)[C@H](C)OC(=O)c1ccc(S(C)(=O)=O)cc1. The van der Waals surface area contributed by atoms with Crippen molar-refractivity contribution >= 4 is 39.0 Å². The Kier molecular flexibility index (Phi) is 6.45. The topological polar surface area (TPSA) is 98.8 Å². The van der Waals surface area contributed by atoms with Crippen LogP contribution in [-0.2, 0) is 19.4 Å². The number of anilines is 1. The Labute approximate surface area is 162 Å². The van der Waals surface area contributed by atoms with E-state index in [9.17, 15) is 18.0 Å². The van der Waals surface area contributed by atoms with Gasteiger partial charge >= 0.3 is 5.97 Å². The Hall–Kier alpha value is -2.58. The van der Waals surface area contributed by atoms with Crippen molar-refractivity contribution in [3.05, 3.63) is 53.1 Å². The van der Waals surface area contributed by atoms with Gasteiger partial charge in [-0.15, -0.1) is 0 Å². The van der Waals surface area contributed by atoms with Crippen LogP contribution in [0.5, 0.6) is 5.75 Å². The summed E-state index contributed by atoms with van der Waals surface area (Å²) in [5, 5.41) is 2.99. The molecule has 0 saturated heterocycles. The lowest BCUT2D eigenvalue weighted by Crippen LogP contribution is -2.30. The number of halogens is 1. The molecule has 0 aliphatic carbocycles. The largest absolute Gasteiger partial charge is 0.495 e. The number of sulfone groups is 1. The summed E-state index contributed by atoms with van der Waals surface area (Å²) in [7, 11) is -1.92. The predicted octanol–water partition coefficient (Wildman–Crippen LogP) is 2.94. The number of esters is 1. The summed E-state index contributed by atoms with van der Waals surface area (Å²) in [5.41, 5.74) is 0.470. The van der Waals surface area contributed by atoms with Crippen LogP contribution < -0.4 is 10.1 Å². The monoisotopic (exact) mass is 411 g/mol. The van der Waals surface area contributed by atoms with Crippen molar-refractivity contribution < 1.29 is 27.5 Å². The first kappa shape index (κ1) is 20.7. The molecule has 2 rings (SSSR count). The number of carbonyl (C=O) groups excluding carboxylic acids is 2. The van der Waals surface area contributed by atoms with Crippen LogP contribution in [0.4, 0.5) is 5.69 Å². The number of nitrogens with one attached hydrogen (secondary N) is 1. The van der Waals surface area contributed by atoms with Gasteiger partial charge in [0.2, 0.25) is 0 Å². The zero-order valence-corrected chi connectivity index (χ0v) is 16.4. The van der Waals surface area contributed by atoms with Gasteiger partial charge in [-0.1, -0.05) is 11.6 Å². The third-order valence-electron chi connectivity index (χ3n) is 3.59. The maximum atomic E-state index is 12.3. The summed E-state index contributed by atoms with van der Waals surface area (Å²) >= 11 is 5.91. The highest BCUT2D eigenvalue weighted by Crippen LogP contribution is 2.27. The van der Waals surface area contributed by atoms with Gasteiger partial charge in [0, 0.05) is 11.3 Å². The van der Waals surface area contributed by atoms with E-state index in [-0.39, 0.29) is 10.5 Å². The van der Waals surface area contributed by atoms with Crippen molar-refractivity contribution in [2.24, 2.45) is 0 Å². The Morgan fingerprint density at radius 2 is 1.74 bits per heavy atom. The standard InChI is InChI=1S/C18H18ClNO6S/c1-11(17(21)20-15-10-13(19)6-9-16(15)25-2)26-18(22)12-4-7-14(8-5-12)27(3,23)24/h4-11H,1-3H3,(H,20,21)/t11-/m0/s1. The number of benzene rings is 2. The highest BCUT2D eigenvalue weighted by Gasteiger charge is 2.20. The number of hydrogen-bond donors (Lipinski definition) is 1. The van der Waals surface area contributed by atoms with E-state index in [1.165, 1.54) is 44.4 Å². The molecule has 1 atom stereocenters. The molecule has 0 aliphatic heterocycles. The van der Waals surface area contributed by atoms with E-state index in [1.807, 2.05) is 0 Å². The van der Waals surface area contributed by atoms with Gasteiger partial charge in [-0.05, 0) is 49.4 Å². The highest BCUT2D eigenvalue weighted by atomic mass is 35.5. The van der Waals surface area contributed by atoms with Gasteiger partial charge in [-0.25, -0.2) is 13.2 Å². The maximum absolute atomic E-state index is 12.3. The Morgan fingerprint density at radius 1 is 1.11 bits per heavy atom. The minimum absolute atomic E-state index is 0.0814. The fourth-order valence-corrected chi connectivity index (χ4v) is 2.94. The van der Waals surface area contributed by atoms with Crippen molar-refractivity contribution in [1.29, 1.82) is 0 Å². The number of amides is 1. The Bertz CT molecular complexity index is 956. The van der Waals surface area contributed by atoms with Crippen molar-refractivity contribution in [2.75, 3.05) is 18.7 Å². The third kappa shape index (κ3) is 5.45. The van der Waals surface area contributed by atoms with Gasteiger partial charge in [-0.2, -0.15) is 0 Å². The number of ether oxygens (including phenoxy) is 2. The maximum Gasteiger partial charge on any atom is 0.338 e. The lowest BCUT2D eigenvalue weighted by molar-refractivity contribution is -0.123. The van der Waals surface area contributed by atoms with Crippen molar-refractivity contribution in [3.63, 3.8) is 0 Å². The van der Waals surface area contributed by atoms with Crippen LogP contribution in [-0.4, -0.2) is 39.8 Å². The van der Waals surface area contributed by atoms with Crippen LogP contribution in [0.15, 0.2) is 47.4 Å². The zero-order chi connectivity index (χ0) is 20.2. The third-order valence-corrected chi connectivity index (χ3v) is 4.95. The molecule has 0 radical (unpaired) electrons. The second kappa shape index (κ2) is 8.41. The summed E-state index contributed by atoms with van der Waals surface area (Å²) in [6.45, 7) is 1.41. The Balaban J connectivity index is 2.06. The van der Waals surface area contributed by atoms with Gasteiger partial charge in [0.05, 0.1) is 23.3 Å². The molecule has 0 heterocycles. The number of methoxy groups -OCH3 is 1. The van der Waals surface area contributed by atoms with E-state index in [2.05, 4.69) is 5.32 Å². The Morgan fingerprint density at radius 3 is 2.30 bits per heavy atom. The van der Waals surface area contributed by atoms with Gasteiger partial charge < -0.3 is 14.8 Å². The van der Waals surface area contributed by atoms with Crippen LogP contribution >= 0.6 is 11.6 Å². The van der Waals surface area contributed by atoms with Crippen molar-refractivity contribution in [1.82, 2.24) is 0 Å². The van der Waals surface area contributed by atoms with Crippen LogP contribution in [0.25, 0.3) is 0 Å². The van der Waals surface area contributed by atoms with Crippen molar-refractivity contribution in [3.8, 4) is 5.75 Å². The highest BCUT2D eigenvalue weighted by molar-refractivity contribution is 7.90. The molecule has 0 unspecified atom stereocenters. The van der Waals surface area contributed by atoms with E-state index in [0.29, 0.717) is 16.5 Å². The first-order valence-corrected chi connectivity index (χ1v) is 10.0. The van der Waals surface area contributed by atoms with Crippen LogP contribution in [0, 0.1) is 0 Å². The molecule has 7 nitrogen and oxygen atoms in total. The summed E-state index contributed by atoms with van der Waals surface area (Å²) in [5.74, 6) is -0.921. The van der Waals surface area contributed by atoms with Gasteiger partial charge in [0.25, 0.3) is 5.91 Å². The summed E-state index contributed by atoms with van der Waals surface area (Å²) in [6, 6.07) is 9.96. The fourth-order valence-electron chi connectivity index (χ4n) is 2.13. The van der Waals surface area contributed by atoms with E-state index < -0.39 is 27.8 Å². The quantitative estimate of drug-likeness (QED) is 0.734. The van der Waals surface area contributed by atoms with E-state index in [0.717, 1.165) is 6.26 Å². The molecule has 9 heteroatoms. The molecular weight excluding hydrogens is 394 g/mol. The summed E-state index contributed by atoms with van der Waals surface area (Å²) in [6.07, 6.45) is -0.0348. The van der Waals surface area contributed by atoms with Gasteiger partial charge in [0.15, 0.2) is 15.9 Å². The molecule has 1 amide bonds. The molecule has 0 spiro atoms. The molecule has 2 aromatic rings. The molecule has 0 bridgehead atoms. The first-order chi connectivity index (χ1) is 12.6. The number of hydrogen-bond acceptors (Lipinski definition) is 6. The average Bonchev–Trinajstić information content (AvgIpc) is 2.61. The average molecular weight is 412 g/mol. The molecule has 0 aromatic heterocycles. The van der Waals surface area contributed by atoms with E-state index in [1.54, 1.807) is 12.1 Å². The number of carbonyl (C=O) groups is 2. The predicted molar refractivity (Wildman–Crippen MR) is 101 cm³/mol. The molecule has 144 valence electrons.